The van der Waals surface area contributed by atoms with Gasteiger partial charge in [0.2, 0.25) is 0 Å². The molecule has 2 heteroatoms. The lowest BCUT2D eigenvalue weighted by molar-refractivity contribution is 0.646. The zero-order chi connectivity index (χ0) is 12.8. The molecule has 0 unspecified atom stereocenters. The Kier molecular flexibility index (Phi) is 4.97. The topological polar surface area (TPSA) is 12.0 Å². The first-order chi connectivity index (χ1) is 8.74. The van der Waals surface area contributed by atoms with Gasteiger partial charge in [0.05, 0.1) is 0 Å². The Balaban J connectivity index is 1.79. The van der Waals surface area contributed by atoms with Gasteiger partial charge in [0, 0.05) is 13.1 Å². The van der Waals surface area contributed by atoms with Crippen LogP contribution >= 0.6 is 11.3 Å². The molecule has 1 nitrogen and oxygen atoms in total. The average Bonchev–Trinajstić information content (AvgIpc) is 2.84. The predicted octanol–water partition coefficient (Wildman–Crippen LogP) is 4.24. The van der Waals surface area contributed by atoms with Gasteiger partial charge in [-0.2, -0.15) is 11.3 Å². The van der Waals surface area contributed by atoms with Gasteiger partial charge in [0.15, 0.2) is 0 Å². The van der Waals surface area contributed by atoms with Crippen LogP contribution in [-0.2, 0) is 19.5 Å². The molecule has 2 aromatic rings. The van der Waals surface area contributed by atoms with Gasteiger partial charge in [-0.15, -0.1) is 0 Å². The summed E-state index contributed by atoms with van der Waals surface area (Å²) in [7, 11) is 0. The molecule has 1 heterocycles. The molecule has 0 saturated carbocycles. The molecule has 0 radical (unpaired) electrons. The Morgan fingerprint density at radius 3 is 2.22 bits per heavy atom. The summed E-state index contributed by atoms with van der Waals surface area (Å²) < 4.78 is 0. The first-order valence-corrected chi connectivity index (χ1v) is 7.48. The Morgan fingerprint density at radius 2 is 1.61 bits per heavy atom. The largest absolute Gasteiger partial charge is 0.309 e. The highest BCUT2D eigenvalue weighted by Crippen LogP contribution is 2.10. The van der Waals surface area contributed by atoms with E-state index < -0.39 is 0 Å². The minimum atomic E-state index is 0.729. The van der Waals surface area contributed by atoms with Gasteiger partial charge in [0.1, 0.15) is 0 Å². The number of nitrogens with one attached hydrogen (secondary N) is 1. The van der Waals surface area contributed by atoms with Gasteiger partial charge in [-0.3, -0.25) is 0 Å². The zero-order valence-electron chi connectivity index (χ0n) is 11.1. The summed E-state index contributed by atoms with van der Waals surface area (Å²) in [5, 5.41) is 7.79. The van der Waals surface area contributed by atoms with Gasteiger partial charge in [-0.05, 0) is 45.9 Å². The molecule has 0 spiro atoms. The van der Waals surface area contributed by atoms with E-state index in [9.17, 15) is 0 Å². The number of hydrogen-bond donors (Lipinski definition) is 1. The third-order valence-corrected chi connectivity index (χ3v) is 3.64. The maximum absolute atomic E-state index is 3.47. The van der Waals surface area contributed by atoms with E-state index >= 15 is 0 Å². The fraction of sp³-hybridized carbons (Fsp3) is 0.375. The maximum atomic E-state index is 3.47. The molecule has 1 aromatic heterocycles. The van der Waals surface area contributed by atoms with Crippen molar-refractivity contribution in [2.24, 2.45) is 5.92 Å². The molecule has 0 aliphatic rings. The minimum absolute atomic E-state index is 0.729. The lowest BCUT2D eigenvalue weighted by Crippen LogP contribution is -2.12. The third-order valence-electron chi connectivity index (χ3n) is 2.91. The molecular weight excluding hydrogens is 238 g/mol. The summed E-state index contributed by atoms with van der Waals surface area (Å²) >= 11 is 1.75. The van der Waals surface area contributed by atoms with Crippen LogP contribution in [0.25, 0.3) is 0 Å². The molecule has 0 amide bonds. The van der Waals surface area contributed by atoms with E-state index in [-0.39, 0.29) is 0 Å². The van der Waals surface area contributed by atoms with Gasteiger partial charge < -0.3 is 5.32 Å². The first kappa shape index (κ1) is 13.3. The van der Waals surface area contributed by atoms with E-state index in [1.54, 1.807) is 11.3 Å². The van der Waals surface area contributed by atoms with Gasteiger partial charge in [-0.1, -0.05) is 38.1 Å². The molecule has 96 valence electrons. The van der Waals surface area contributed by atoms with Crippen LogP contribution in [0, 0.1) is 5.92 Å². The summed E-state index contributed by atoms with van der Waals surface area (Å²) in [6, 6.07) is 11.1. The van der Waals surface area contributed by atoms with Crippen molar-refractivity contribution in [3.8, 4) is 0 Å². The van der Waals surface area contributed by atoms with E-state index in [1.807, 2.05) is 0 Å². The first-order valence-electron chi connectivity index (χ1n) is 6.53. The monoisotopic (exact) mass is 259 g/mol. The normalized spacial score (nSPS) is 11.1. The van der Waals surface area contributed by atoms with Crippen LogP contribution in [0.4, 0.5) is 0 Å². The van der Waals surface area contributed by atoms with Crippen LogP contribution in [0.3, 0.4) is 0 Å². The van der Waals surface area contributed by atoms with Crippen molar-refractivity contribution < 1.29 is 0 Å². The summed E-state index contributed by atoms with van der Waals surface area (Å²) in [6.45, 7) is 6.42. The Morgan fingerprint density at radius 1 is 0.944 bits per heavy atom. The zero-order valence-corrected chi connectivity index (χ0v) is 12.0. The second-order valence-corrected chi connectivity index (χ2v) is 5.93. The molecule has 2 rings (SSSR count). The molecule has 18 heavy (non-hydrogen) atoms. The SMILES string of the molecule is CC(C)Cc1ccc(CNCc2ccsc2)cc1. The van der Waals surface area contributed by atoms with Crippen LogP contribution < -0.4 is 5.32 Å². The minimum Gasteiger partial charge on any atom is -0.309 e. The quantitative estimate of drug-likeness (QED) is 0.818. The molecule has 0 aliphatic carbocycles. The fourth-order valence-corrected chi connectivity index (χ4v) is 2.68. The van der Waals surface area contributed by atoms with Gasteiger partial charge in [0.25, 0.3) is 0 Å². The van der Waals surface area contributed by atoms with Crippen LogP contribution in [0.5, 0.6) is 0 Å². The molecular formula is C16H21NS. The van der Waals surface area contributed by atoms with Crippen molar-refractivity contribution in [2.45, 2.75) is 33.4 Å². The van der Waals surface area contributed by atoms with E-state index in [0.29, 0.717) is 0 Å². The highest BCUT2D eigenvalue weighted by atomic mass is 32.1. The lowest BCUT2D eigenvalue weighted by atomic mass is 10.0. The standard InChI is InChI=1S/C16H21NS/c1-13(2)9-14-3-5-15(6-4-14)10-17-11-16-7-8-18-12-16/h3-8,12-13,17H,9-11H2,1-2H3. The van der Waals surface area contributed by atoms with Crippen LogP contribution in [0.1, 0.15) is 30.5 Å². The number of hydrogen-bond acceptors (Lipinski definition) is 2. The van der Waals surface area contributed by atoms with E-state index in [1.165, 1.54) is 23.1 Å². The summed E-state index contributed by atoms with van der Waals surface area (Å²) in [6.07, 6.45) is 1.17. The van der Waals surface area contributed by atoms with Crippen molar-refractivity contribution in [3.05, 3.63) is 57.8 Å². The maximum Gasteiger partial charge on any atom is 0.0216 e. The summed E-state index contributed by atoms with van der Waals surface area (Å²) in [5.41, 5.74) is 4.17. The summed E-state index contributed by atoms with van der Waals surface area (Å²) in [4.78, 5) is 0. The molecule has 1 aromatic carbocycles. The molecule has 0 bridgehead atoms. The molecule has 1 N–H and O–H groups in total. The summed E-state index contributed by atoms with van der Waals surface area (Å²) in [5.74, 6) is 0.729. The number of thiophene rings is 1. The smallest absolute Gasteiger partial charge is 0.0216 e. The van der Waals surface area contributed by atoms with Crippen molar-refractivity contribution in [2.75, 3.05) is 0 Å². The van der Waals surface area contributed by atoms with E-state index in [4.69, 9.17) is 0 Å². The Bertz CT molecular complexity index is 442. The molecule has 0 atom stereocenters. The number of benzene rings is 1. The second-order valence-electron chi connectivity index (χ2n) is 5.15. The highest BCUT2D eigenvalue weighted by molar-refractivity contribution is 7.07. The molecule has 0 fully saturated rings. The predicted molar refractivity (Wildman–Crippen MR) is 79.8 cm³/mol. The molecule has 0 saturated heterocycles. The molecule has 0 aliphatic heterocycles. The van der Waals surface area contributed by atoms with Gasteiger partial charge >= 0.3 is 0 Å². The van der Waals surface area contributed by atoms with Crippen LogP contribution in [0.2, 0.25) is 0 Å². The van der Waals surface area contributed by atoms with Crippen molar-refractivity contribution >= 4 is 11.3 Å². The van der Waals surface area contributed by atoms with E-state index in [0.717, 1.165) is 19.0 Å². The van der Waals surface area contributed by atoms with E-state index in [2.05, 4.69) is 60.3 Å². The van der Waals surface area contributed by atoms with Crippen molar-refractivity contribution in [1.82, 2.24) is 5.32 Å². The van der Waals surface area contributed by atoms with Crippen LogP contribution in [0.15, 0.2) is 41.1 Å². The highest BCUT2D eigenvalue weighted by Gasteiger charge is 1.98. The Hall–Kier alpha value is -1.12. The fourth-order valence-electron chi connectivity index (χ4n) is 2.01. The number of rotatable bonds is 6. The lowest BCUT2D eigenvalue weighted by Gasteiger charge is -2.07. The Labute approximate surface area is 114 Å². The van der Waals surface area contributed by atoms with Gasteiger partial charge in [-0.25, -0.2) is 0 Å². The van der Waals surface area contributed by atoms with Crippen molar-refractivity contribution in [3.63, 3.8) is 0 Å². The average molecular weight is 259 g/mol. The third kappa shape index (κ3) is 4.28. The van der Waals surface area contributed by atoms with Crippen molar-refractivity contribution in [1.29, 1.82) is 0 Å². The second kappa shape index (κ2) is 6.72. The van der Waals surface area contributed by atoms with Crippen LogP contribution in [-0.4, -0.2) is 0 Å².